The van der Waals surface area contributed by atoms with Gasteiger partial charge in [-0.25, -0.2) is 4.79 Å². The lowest BCUT2D eigenvalue weighted by molar-refractivity contribution is -0.477. The van der Waals surface area contributed by atoms with Crippen molar-refractivity contribution in [2.45, 2.75) is 163 Å². The highest BCUT2D eigenvalue weighted by Gasteiger charge is 2.99. The molecule has 0 saturated carbocycles. The van der Waals surface area contributed by atoms with Crippen LogP contribution in [0.3, 0.4) is 0 Å². The lowest BCUT2D eigenvalue weighted by Crippen LogP contribution is -2.78. The minimum atomic E-state index is -9.50. The molecule has 0 radical (unpaired) electrons. The summed E-state index contributed by atoms with van der Waals surface area (Å²) in [4.78, 5) is 12.6. The summed E-state index contributed by atoms with van der Waals surface area (Å²) in [6, 6.07) is 0. The zero-order valence-electron chi connectivity index (χ0n) is 29.5. The van der Waals surface area contributed by atoms with E-state index in [-0.39, 0.29) is 38.5 Å². The van der Waals surface area contributed by atoms with Gasteiger partial charge >= 0.3 is 71.4 Å². The van der Waals surface area contributed by atoms with Gasteiger partial charge in [0.25, 0.3) is 0 Å². The van der Waals surface area contributed by atoms with Crippen molar-refractivity contribution in [1.29, 1.82) is 0 Å². The van der Waals surface area contributed by atoms with Gasteiger partial charge in [0.2, 0.25) is 0 Å². The maximum atomic E-state index is 15.0. The second-order valence-corrected chi connectivity index (χ2v) is 16.2. The number of alkyl halides is 23. The van der Waals surface area contributed by atoms with E-state index < -0.39 is 98.9 Å². The second kappa shape index (κ2) is 18.2. The van der Waals surface area contributed by atoms with Crippen LogP contribution in [-0.2, 0) is 8.98 Å². The molecule has 56 heavy (non-hydrogen) atoms. The summed E-state index contributed by atoms with van der Waals surface area (Å²) >= 11 is 0. The lowest BCUT2D eigenvalue weighted by Gasteiger charge is -2.45. The molecule has 338 valence electrons. The Hall–Kier alpha value is -1.79. The Morgan fingerprint density at radius 3 is 0.821 bits per heavy atom. The van der Waals surface area contributed by atoms with Gasteiger partial charge in [-0.1, -0.05) is 88.9 Å². The summed E-state index contributed by atoms with van der Waals surface area (Å²) in [6.07, 6.45) is -4.32. The minimum Gasteiger partial charge on any atom is -0.411 e. The van der Waals surface area contributed by atoms with E-state index in [1.807, 2.05) is 0 Å². The molecule has 0 aromatic rings. The Balaban J connectivity index is 7.27. The quantitative estimate of drug-likeness (QED) is 0.0639. The summed E-state index contributed by atoms with van der Waals surface area (Å²) in [7, 11) is -3.44. The highest BCUT2D eigenvalue weighted by molar-refractivity contribution is 8.30. The molecule has 26 heteroatoms. The molecule has 0 spiro atoms. The highest BCUT2D eigenvalue weighted by atomic mass is 32.3. The van der Waals surface area contributed by atoms with Gasteiger partial charge in [-0.05, 0) is 19.3 Å². The first-order valence-corrected chi connectivity index (χ1v) is 18.7. The maximum Gasteiger partial charge on any atom is 0.460 e. The number of hydrogen-bond acceptors (Lipinski definition) is 2. The van der Waals surface area contributed by atoms with Crippen molar-refractivity contribution < 1.29 is 110 Å². The summed E-state index contributed by atoms with van der Waals surface area (Å²) in [5.74, 6) is -94.6. The number of rotatable bonds is 26. The van der Waals surface area contributed by atoms with Crippen molar-refractivity contribution in [1.82, 2.24) is 0 Å². The van der Waals surface area contributed by atoms with Gasteiger partial charge in [-0.3, -0.25) is 0 Å². The summed E-state index contributed by atoms with van der Waals surface area (Å²) < 4.78 is 324. The van der Waals surface area contributed by atoms with Crippen molar-refractivity contribution in [3.8, 4) is 0 Å². The van der Waals surface area contributed by atoms with Crippen LogP contribution in [0.2, 0.25) is 0 Å². The molecule has 0 heterocycles. The van der Waals surface area contributed by atoms with Crippen LogP contribution in [0.1, 0.15) is 97.8 Å². The summed E-state index contributed by atoms with van der Waals surface area (Å²) in [5.41, 5.74) is 0. The number of unbranched alkanes of at least 4 members (excludes halogenated alkanes) is 9. The van der Waals surface area contributed by atoms with Gasteiger partial charge < -0.3 is 4.18 Å². The van der Waals surface area contributed by atoms with E-state index in [0.717, 1.165) is 0 Å². The predicted molar refractivity (Wildman–Crippen MR) is 156 cm³/mol. The van der Waals surface area contributed by atoms with E-state index >= 15 is 0 Å². The predicted octanol–water partition coefficient (Wildman–Crippen LogP) is 13.9. The van der Waals surface area contributed by atoms with E-state index in [4.69, 9.17) is 0 Å². The van der Waals surface area contributed by atoms with Crippen LogP contribution in [-0.4, -0.2) is 88.6 Å². The number of hydrogen-bond donors (Lipinski definition) is 0. The fourth-order valence-corrected chi connectivity index (χ4v) is 8.38. The fourth-order valence-electron chi connectivity index (χ4n) is 4.90. The van der Waals surface area contributed by atoms with Crippen LogP contribution in [0.15, 0.2) is 0 Å². The third kappa shape index (κ3) is 9.48. The molecule has 0 aromatic heterocycles. The molecule has 0 atom stereocenters. The molecule has 0 fully saturated rings. The smallest absolute Gasteiger partial charge is 0.411 e. The molecular formula is C30H39F23O2S. The number of carbonyl (C=O) groups excluding carboxylic acids is 1. The normalized spacial score (nSPS) is 15.7. The van der Waals surface area contributed by atoms with Crippen molar-refractivity contribution >= 4 is 16.3 Å². The molecule has 0 N–H and O–H groups in total. The molecule has 0 saturated heterocycles. The van der Waals surface area contributed by atoms with Gasteiger partial charge in [-0.15, -0.1) is 0 Å². The highest BCUT2D eigenvalue weighted by Crippen LogP contribution is 2.67. The molecule has 0 rings (SSSR count). The monoisotopic (exact) mass is 900 g/mol. The van der Waals surface area contributed by atoms with Crippen molar-refractivity contribution in [2.75, 3.05) is 17.3 Å². The first-order valence-electron chi connectivity index (χ1n) is 16.7. The topological polar surface area (TPSA) is 26.3 Å². The van der Waals surface area contributed by atoms with E-state index in [0.29, 0.717) is 38.5 Å². The average molecular weight is 901 g/mol. The summed E-state index contributed by atoms with van der Waals surface area (Å²) in [6.45, 7) is 5.09. The molecule has 0 aromatic carbocycles. The molecule has 0 aliphatic carbocycles. The molecular weight excluding hydrogens is 861 g/mol. The zero-order valence-corrected chi connectivity index (χ0v) is 30.3. The number of carbonyl (C=O) groups is 1. The average Bonchev–Trinajstić information content (AvgIpc) is 3.05. The first kappa shape index (κ1) is 54.2. The third-order valence-corrected chi connectivity index (χ3v) is 12.1. The standard InChI is InChI=1S/C30H39F23O2S/c1-4-7-10-13-16-56(17-14-11-8-5-2,18-15-12-9-6-3)55-19(54)20(31,32)21(33,34)22(35,36)23(37,38)24(39,40)25(41,42)26(43,44)27(45,46)28(47,48)29(49,50)30(51,52)53/h4-18H2,1-3H3. The van der Waals surface area contributed by atoms with Gasteiger partial charge in [0.15, 0.2) is 0 Å². The molecule has 0 aliphatic heterocycles. The molecule has 0 bridgehead atoms. The van der Waals surface area contributed by atoms with Crippen LogP contribution in [0.5, 0.6) is 0 Å². The Morgan fingerprint density at radius 2 is 0.589 bits per heavy atom. The second-order valence-electron chi connectivity index (χ2n) is 12.9. The van der Waals surface area contributed by atoms with E-state index in [2.05, 4.69) is 4.18 Å². The third-order valence-electron chi connectivity index (χ3n) is 8.52. The van der Waals surface area contributed by atoms with Gasteiger partial charge in [0.1, 0.15) is 0 Å². The molecule has 0 amide bonds. The van der Waals surface area contributed by atoms with Crippen LogP contribution in [0, 0.1) is 0 Å². The largest absolute Gasteiger partial charge is 0.460 e. The van der Waals surface area contributed by atoms with E-state index in [9.17, 15) is 106 Å². The lowest BCUT2D eigenvalue weighted by atomic mass is 9.85. The van der Waals surface area contributed by atoms with Gasteiger partial charge in [0.05, 0.1) is 0 Å². The van der Waals surface area contributed by atoms with E-state index in [1.165, 1.54) is 0 Å². The van der Waals surface area contributed by atoms with Crippen molar-refractivity contribution in [3.63, 3.8) is 0 Å². The molecule has 0 unspecified atom stereocenters. The first-order chi connectivity index (χ1) is 24.8. The summed E-state index contributed by atoms with van der Waals surface area (Å²) in [5, 5.41) is 0. The Bertz CT molecular complexity index is 1220. The SMILES string of the molecule is CCCCCCS(CCCCCC)(CCCCCC)OC(=O)C(F)(F)C(F)(F)C(F)(F)C(F)(F)C(F)(F)C(F)(F)C(F)(F)C(F)(F)C(F)(F)C(F)(F)C(F)(F)F. The van der Waals surface area contributed by atoms with Crippen molar-refractivity contribution in [2.24, 2.45) is 0 Å². The number of halogens is 23. The van der Waals surface area contributed by atoms with E-state index in [1.54, 1.807) is 20.8 Å². The van der Waals surface area contributed by atoms with Crippen molar-refractivity contribution in [3.05, 3.63) is 0 Å². The molecule has 0 aliphatic rings. The minimum absolute atomic E-state index is 0.00229. The van der Waals surface area contributed by atoms with Crippen LogP contribution in [0.25, 0.3) is 0 Å². The Morgan fingerprint density at radius 1 is 0.357 bits per heavy atom. The Labute approximate surface area is 307 Å². The van der Waals surface area contributed by atoms with Crippen LogP contribution < -0.4 is 0 Å². The maximum absolute atomic E-state index is 15.0. The fraction of sp³-hybridized carbons (Fsp3) is 0.967. The molecule has 2 nitrogen and oxygen atoms in total. The van der Waals surface area contributed by atoms with Gasteiger partial charge in [0, 0.05) is 17.3 Å². The van der Waals surface area contributed by atoms with Gasteiger partial charge in [-0.2, -0.15) is 101 Å². The Kier molecular flexibility index (Phi) is 17.6. The van der Waals surface area contributed by atoms with Crippen LogP contribution in [0.4, 0.5) is 101 Å². The zero-order chi connectivity index (χ0) is 44.9. The van der Waals surface area contributed by atoms with Crippen LogP contribution >= 0.6 is 10.3 Å².